The van der Waals surface area contributed by atoms with Gasteiger partial charge in [0, 0.05) is 0 Å². The number of fused-ring (bicyclic) bond motifs is 1. The third-order valence-corrected chi connectivity index (χ3v) is 6.31. The molecule has 1 aliphatic rings. The zero-order valence-electron chi connectivity index (χ0n) is 13.4. The fraction of sp³-hybridized carbons (Fsp3) is 0.278. The van der Waals surface area contributed by atoms with Crippen molar-refractivity contribution in [3.8, 4) is 6.07 Å². The van der Waals surface area contributed by atoms with Crippen molar-refractivity contribution in [3.63, 3.8) is 0 Å². The van der Waals surface area contributed by atoms with Gasteiger partial charge in [-0.2, -0.15) is 5.26 Å². The Labute approximate surface area is 153 Å². The van der Waals surface area contributed by atoms with Gasteiger partial charge >= 0.3 is 0 Å². The molecule has 25 heavy (non-hydrogen) atoms. The molecule has 1 N–H and O–H groups in total. The van der Waals surface area contributed by atoms with Crippen molar-refractivity contribution in [2.75, 3.05) is 18.4 Å². The average Bonchev–Trinajstić information content (AvgIpc) is 3.32. The highest BCUT2D eigenvalue weighted by molar-refractivity contribution is 7.18. The van der Waals surface area contributed by atoms with Crippen LogP contribution in [0.2, 0.25) is 0 Å². The van der Waals surface area contributed by atoms with Gasteiger partial charge in [-0.3, -0.25) is 9.69 Å². The second-order valence-electron chi connectivity index (χ2n) is 5.97. The van der Waals surface area contributed by atoms with Crippen LogP contribution in [0.25, 0.3) is 10.2 Å². The number of hydrogen-bond acceptors (Lipinski definition) is 6. The van der Waals surface area contributed by atoms with Crippen LogP contribution < -0.4 is 5.32 Å². The van der Waals surface area contributed by atoms with Crippen LogP contribution in [0.5, 0.6) is 0 Å². The predicted molar refractivity (Wildman–Crippen MR) is 101 cm³/mol. The number of benzene rings is 1. The molecule has 0 bridgehead atoms. The highest BCUT2D eigenvalue weighted by Crippen LogP contribution is 2.36. The largest absolute Gasteiger partial charge is 0.315 e. The van der Waals surface area contributed by atoms with Crippen molar-refractivity contribution in [2.24, 2.45) is 0 Å². The third-order valence-electron chi connectivity index (χ3n) is 4.34. The van der Waals surface area contributed by atoms with Crippen LogP contribution in [0.3, 0.4) is 0 Å². The average molecular weight is 368 g/mol. The summed E-state index contributed by atoms with van der Waals surface area (Å²) in [5.74, 6) is -0.0769. The van der Waals surface area contributed by atoms with Gasteiger partial charge in [0.2, 0.25) is 5.91 Å². The molecule has 126 valence electrons. The molecular formula is C18H16N4OS2. The van der Waals surface area contributed by atoms with Crippen molar-refractivity contribution in [1.82, 2.24) is 9.88 Å². The topological polar surface area (TPSA) is 69.0 Å². The first-order valence-electron chi connectivity index (χ1n) is 8.11. The quantitative estimate of drug-likeness (QED) is 0.755. The summed E-state index contributed by atoms with van der Waals surface area (Å²) in [6.45, 7) is 1.22. The van der Waals surface area contributed by atoms with E-state index in [2.05, 4.69) is 22.4 Å². The molecule has 0 saturated carbocycles. The van der Waals surface area contributed by atoms with Gasteiger partial charge in [0.15, 0.2) is 0 Å². The highest BCUT2D eigenvalue weighted by Gasteiger charge is 2.30. The number of carbonyl (C=O) groups is 1. The fourth-order valence-corrected chi connectivity index (χ4v) is 5.06. The zero-order valence-corrected chi connectivity index (χ0v) is 15.1. The molecule has 4 rings (SSSR count). The van der Waals surface area contributed by atoms with Gasteiger partial charge in [0.1, 0.15) is 16.1 Å². The number of thiophene rings is 1. The van der Waals surface area contributed by atoms with Crippen LogP contribution in [0.15, 0.2) is 35.7 Å². The first-order valence-corrected chi connectivity index (χ1v) is 9.81. The zero-order chi connectivity index (χ0) is 17.2. The number of amides is 1. The summed E-state index contributed by atoms with van der Waals surface area (Å²) in [5.41, 5.74) is 1.54. The van der Waals surface area contributed by atoms with Crippen molar-refractivity contribution in [1.29, 1.82) is 5.26 Å². The Morgan fingerprint density at radius 1 is 1.40 bits per heavy atom. The highest BCUT2D eigenvalue weighted by atomic mass is 32.1. The molecule has 1 fully saturated rings. The molecule has 1 aromatic carbocycles. The molecule has 2 aromatic heterocycles. The van der Waals surface area contributed by atoms with Crippen LogP contribution in [-0.4, -0.2) is 28.9 Å². The molecule has 5 nitrogen and oxygen atoms in total. The molecule has 0 aliphatic carbocycles. The second-order valence-corrected chi connectivity index (χ2v) is 7.95. The van der Waals surface area contributed by atoms with Crippen molar-refractivity contribution < 1.29 is 4.79 Å². The van der Waals surface area contributed by atoms with E-state index < -0.39 is 0 Å². The minimum absolute atomic E-state index is 0.0769. The van der Waals surface area contributed by atoms with Gasteiger partial charge in [-0.05, 0) is 43.0 Å². The van der Waals surface area contributed by atoms with Gasteiger partial charge in [-0.15, -0.1) is 22.7 Å². The number of nitriles is 1. The molecule has 0 radical (unpaired) electrons. The standard InChI is InChI=1S/C18H16N4OS2/c19-10-12-7-9-24-17(12)21-16(23)11-22-8-3-5-14(22)18-20-13-4-1-2-6-15(13)25-18/h1-2,4,6-7,9,14H,3,5,8,11H2,(H,21,23)/t14-/m1/s1. The Morgan fingerprint density at radius 2 is 2.28 bits per heavy atom. The second kappa shape index (κ2) is 6.92. The van der Waals surface area contributed by atoms with E-state index in [1.807, 2.05) is 23.6 Å². The lowest BCUT2D eigenvalue weighted by Gasteiger charge is -2.21. The van der Waals surface area contributed by atoms with Crippen LogP contribution >= 0.6 is 22.7 Å². The summed E-state index contributed by atoms with van der Waals surface area (Å²) in [6, 6.07) is 12.2. The maximum Gasteiger partial charge on any atom is 0.239 e. The predicted octanol–water partition coefficient (Wildman–Crippen LogP) is 4.01. The number of anilines is 1. The summed E-state index contributed by atoms with van der Waals surface area (Å²) in [5, 5.41) is 15.4. The van der Waals surface area contributed by atoms with E-state index in [0.29, 0.717) is 17.1 Å². The van der Waals surface area contributed by atoms with Gasteiger partial charge < -0.3 is 5.32 Å². The Morgan fingerprint density at radius 3 is 3.12 bits per heavy atom. The summed E-state index contributed by atoms with van der Waals surface area (Å²) in [4.78, 5) is 19.4. The van der Waals surface area contributed by atoms with Crippen molar-refractivity contribution in [3.05, 3.63) is 46.3 Å². The smallest absolute Gasteiger partial charge is 0.239 e. The van der Waals surface area contributed by atoms with E-state index in [1.165, 1.54) is 16.0 Å². The normalized spacial score (nSPS) is 17.6. The maximum absolute atomic E-state index is 12.4. The Hall–Kier alpha value is -2.27. The van der Waals surface area contributed by atoms with Gasteiger partial charge in [-0.1, -0.05) is 12.1 Å². The molecule has 1 amide bonds. The Bertz CT molecular complexity index is 922. The first-order chi connectivity index (χ1) is 12.2. The number of thiazole rings is 1. The lowest BCUT2D eigenvalue weighted by Crippen LogP contribution is -2.32. The minimum Gasteiger partial charge on any atom is -0.315 e. The van der Waals surface area contributed by atoms with E-state index in [1.54, 1.807) is 17.4 Å². The molecule has 1 aliphatic heterocycles. The van der Waals surface area contributed by atoms with Crippen molar-refractivity contribution >= 4 is 43.8 Å². The minimum atomic E-state index is -0.0769. The number of hydrogen-bond donors (Lipinski definition) is 1. The number of para-hydroxylation sites is 1. The van der Waals surface area contributed by atoms with Crippen LogP contribution in [0.1, 0.15) is 29.5 Å². The molecule has 0 spiro atoms. The monoisotopic (exact) mass is 368 g/mol. The third kappa shape index (κ3) is 3.29. The molecule has 3 heterocycles. The number of aromatic nitrogens is 1. The number of nitrogens with zero attached hydrogens (tertiary/aromatic N) is 3. The summed E-state index contributed by atoms with van der Waals surface area (Å²) < 4.78 is 1.19. The summed E-state index contributed by atoms with van der Waals surface area (Å²) in [6.07, 6.45) is 2.09. The fourth-order valence-electron chi connectivity index (χ4n) is 3.17. The number of rotatable bonds is 4. The number of nitrogens with one attached hydrogen (secondary N) is 1. The Kier molecular flexibility index (Phi) is 4.49. The van der Waals surface area contributed by atoms with Gasteiger partial charge in [0.05, 0.1) is 28.4 Å². The SMILES string of the molecule is N#Cc1ccsc1NC(=O)CN1CCC[C@@H]1c1nc2ccccc2s1. The summed E-state index contributed by atoms with van der Waals surface area (Å²) >= 11 is 3.09. The molecule has 1 saturated heterocycles. The van der Waals surface area contributed by atoms with E-state index in [0.717, 1.165) is 29.9 Å². The summed E-state index contributed by atoms with van der Waals surface area (Å²) in [7, 11) is 0. The first kappa shape index (κ1) is 16.2. The number of carbonyl (C=O) groups excluding carboxylic acids is 1. The lowest BCUT2D eigenvalue weighted by molar-refractivity contribution is -0.117. The van der Waals surface area contributed by atoms with E-state index >= 15 is 0 Å². The number of likely N-dealkylation sites (tertiary alicyclic amines) is 1. The van der Waals surface area contributed by atoms with Crippen LogP contribution in [0.4, 0.5) is 5.00 Å². The molecular weight excluding hydrogens is 352 g/mol. The molecule has 0 unspecified atom stereocenters. The van der Waals surface area contributed by atoms with E-state index in [9.17, 15) is 4.79 Å². The van der Waals surface area contributed by atoms with E-state index in [4.69, 9.17) is 10.2 Å². The lowest BCUT2D eigenvalue weighted by atomic mass is 10.2. The van der Waals surface area contributed by atoms with Crippen molar-refractivity contribution in [2.45, 2.75) is 18.9 Å². The molecule has 7 heteroatoms. The van der Waals surface area contributed by atoms with Crippen LogP contribution in [-0.2, 0) is 4.79 Å². The van der Waals surface area contributed by atoms with Gasteiger partial charge in [-0.25, -0.2) is 4.98 Å². The van der Waals surface area contributed by atoms with Gasteiger partial charge in [0.25, 0.3) is 0 Å². The Balaban J connectivity index is 1.48. The van der Waals surface area contributed by atoms with E-state index in [-0.39, 0.29) is 11.9 Å². The molecule has 3 aromatic rings. The maximum atomic E-state index is 12.4. The van der Waals surface area contributed by atoms with Crippen LogP contribution in [0, 0.1) is 11.3 Å². The molecule has 1 atom stereocenters.